The Morgan fingerprint density at radius 1 is 0.667 bits per heavy atom. The Morgan fingerprint density at radius 2 is 1.10 bits per heavy atom. The van der Waals surface area contributed by atoms with Gasteiger partial charge in [0.25, 0.3) is 0 Å². The predicted octanol–water partition coefficient (Wildman–Crippen LogP) is -2.51. The van der Waals surface area contributed by atoms with Gasteiger partial charge in [0.05, 0.1) is 6.04 Å². The fourth-order valence-electron chi connectivity index (χ4n) is 3.42. The predicted molar refractivity (Wildman–Crippen MR) is 135 cm³/mol. The summed E-state index contributed by atoms with van der Waals surface area (Å²) in [6.45, 7) is 0. The van der Waals surface area contributed by atoms with Crippen LogP contribution in [0.2, 0.25) is 0 Å². The number of nitrogens with two attached hydrogens (primary N) is 3. The van der Waals surface area contributed by atoms with Crippen molar-refractivity contribution in [3.63, 3.8) is 0 Å². The van der Waals surface area contributed by atoms with Gasteiger partial charge in [-0.2, -0.15) is 0 Å². The third-order valence-corrected chi connectivity index (χ3v) is 5.52. The van der Waals surface area contributed by atoms with Crippen LogP contribution in [0.4, 0.5) is 0 Å². The highest BCUT2D eigenvalue weighted by Gasteiger charge is 2.31. The molecule has 0 radical (unpaired) electrons. The van der Waals surface area contributed by atoms with Crippen LogP contribution in [0.1, 0.15) is 44.1 Å². The van der Waals surface area contributed by atoms with Crippen LogP contribution in [0, 0.1) is 0 Å². The highest BCUT2D eigenvalue weighted by Crippen LogP contribution is 2.07. The minimum atomic E-state index is -1.59. The van der Waals surface area contributed by atoms with Crippen LogP contribution in [0.25, 0.3) is 0 Å². The van der Waals surface area contributed by atoms with Crippen LogP contribution in [0.15, 0.2) is 30.3 Å². The number of hydrogen-bond donors (Lipinski definition) is 8. The molecule has 4 unspecified atom stereocenters. The molecule has 15 heteroatoms. The Morgan fingerprint density at radius 3 is 1.54 bits per heavy atom. The van der Waals surface area contributed by atoms with Crippen LogP contribution in [0.5, 0.6) is 0 Å². The maximum Gasteiger partial charge on any atom is 0.326 e. The molecule has 39 heavy (non-hydrogen) atoms. The minimum absolute atomic E-state index is 0.146. The van der Waals surface area contributed by atoms with E-state index in [2.05, 4.69) is 16.0 Å². The van der Waals surface area contributed by atoms with Crippen LogP contribution in [-0.2, 0) is 40.0 Å². The first-order valence-corrected chi connectivity index (χ1v) is 12.0. The lowest BCUT2D eigenvalue weighted by Crippen LogP contribution is -2.57. The third kappa shape index (κ3) is 13.0. The fourth-order valence-corrected chi connectivity index (χ4v) is 3.42. The Bertz CT molecular complexity index is 1050. The van der Waals surface area contributed by atoms with Gasteiger partial charge in [0.1, 0.15) is 18.1 Å². The molecule has 0 aromatic heterocycles. The number of nitrogens with one attached hydrogen (secondary N) is 3. The maximum absolute atomic E-state index is 13.1. The molecule has 214 valence electrons. The molecule has 0 saturated carbocycles. The molecular weight excluding hydrogens is 516 g/mol. The molecule has 0 saturated heterocycles. The number of carboxylic acid groups (broad SMARTS) is 2. The summed E-state index contributed by atoms with van der Waals surface area (Å²) in [5, 5.41) is 25.0. The smallest absolute Gasteiger partial charge is 0.326 e. The fraction of sp³-hybridized carbons (Fsp3) is 0.458. The summed E-state index contributed by atoms with van der Waals surface area (Å²) in [6, 6.07) is 3.32. The second kappa shape index (κ2) is 16.3. The second-order valence-corrected chi connectivity index (χ2v) is 8.76. The molecule has 0 aliphatic rings. The van der Waals surface area contributed by atoms with Crippen LogP contribution in [-0.4, -0.2) is 75.9 Å². The van der Waals surface area contributed by atoms with Crippen molar-refractivity contribution in [3.8, 4) is 0 Å². The van der Waals surface area contributed by atoms with E-state index in [9.17, 15) is 38.7 Å². The van der Waals surface area contributed by atoms with Gasteiger partial charge in [-0.05, 0) is 31.2 Å². The van der Waals surface area contributed by atoms with Gasteiger partial charge in [-0.1, -0.05) is 30.3 Å². The summed E-state index contributed by atoms with van der Waals surface area (Å²) >= 11 is 0. The summed E-state index contributed by atoms with van der Waals surface area (Å²) in [5.74, 6) is -7.05. The zero-order valence-corrected chi connectivity index (χ0v) is 21.1. The van der Waals surface area contributed by atoms with Crippen molar-refractivity contribution in [2.75, 3.05) is 0 Å². The molecule has 11 N–H and O–H groups in total. The molecule has 0 aliphatic carbocycles. The zero-order valence-electron chi connectivity index (χ0n) is 21.1. The Balaban J connectivity index is 3.03. The second-order valence-electron chi connectivity index (χ2n) is 8.76. The molecule has 0 fully saturated rings. The van der Waals surface area contributed by atoms with E-state index >= 15 is 0 Å². The van der Waals surface area contributed by atoms with Gasteiger partial charge >= 0.3 is 11.9 Å². The summed E-state index contributed by atoms with van der Waals surface area (Å²) in [5.41, 5.74) is 17.0. The average molecular weight is 551 g/mol. The van der Waals surface area contributed by atoms with Crippen molar-refractivity contribution in [3.05, 3.63) is 35.9 Å². The Kier molecular flexibility index (Phi) is 13.6. The highest BCUT2D eigenvalue weighted by molar-refractivity contribution is 5.94. The molecule has 1 aromatic carbocycles. The van der Waals surface area contributed by atoms with Crippen LogP contribution >= 0.6 is 0 Å². The standard InChI is InChI=1S/C24H34N6O9/c25-14(12-13-4-2-1-3-5-13)21(35)28-15(6-9-18(26)31)22(36)29-16(7-10-19(27)32)23(37)30-17(24(38)39)8-11-20(33)34/h1-5,14-17H,6-12,25H2,(H2,26,31)(H2,27,32)(H,28,35)(H,29,36)(H,30,37)(H,33,34)(H,38,39). The number of primary amides is 2. The van der Waals surface area contributed by atoms with Crippen molar-refractivity contribution in [2.24, 2.45) is 17.2 Å². The van der Waals surface area contributed by atoms with Gasteiger partial charge in [-0.3, -0.25) is 28.8 Å². The molecule has 0 bridgehead atoms. The van der Waals surface area contributed by atoms with E-state index in [0.717, 1.165) is 5.56 Å². The normalized spacial score (nSPS) is 13.7. The number of amides is 5. The van der Waals surface area contributed by atoms with Crippen molar-refractivity contribution in [1.82, 2.24) is 16.0 Å². The van der Waals surface area contributed by atoms with Crippen molar-refractivity contribution in [1.29, 1.82) is 0 Å². The number of aliphatic carboxylic acids is 2. The molecule has 1 aromatic rings. The van der Waals surface area contributed by atoms with Crippen molar-refractivity contribution >= 4 is 41.5 Å². The molecule has 0 heterocycles. The summed E-state index contributed by atoms with van der Waals surface area (Å²) in [7, 11) is 0. The first kappa shape index (κ1) is 32.5. The van der Waals surface area contributed by atoms with Crippen LogP contribution < -0.4 is 33.2 Å². The molecule has 5 amide bonds. The molecule has 0 spiro atoms. The van der Waals surface area contributed by atoms with Crippen LogP contribution in [0.3, 0.4) is 0 Å². The first-order chi connectivity index (χ1) is 18.3. The summed E-state index contributed by atoms with van der Waals surface area (Å²) in [6.07, 6.45) is -2.10. The Labute approximate surface area is 223 Å². The van der Waals surface area contributed by atoms with E-state index in [1.54, 1.807) is 30.3 Å². The van der Waals surface area contributed by atoms with E-state index in [0.29, 0.717) is 0 Å². The summed E-state index contributed by atoms with van der Waals surface area (Å²) < 4.78 is 0. The lowest BCUT2D eigenvalue weighted by molar-refractivity contribution is -0.143. The number of benzene rings is 1. The molecule has 15 nitrogen and oxygen atoms in total. The number of hydrogen-bond acceptors (Lipinski definition) is 8. The Hall–Kier alpha value is -4.53. The van der Waals surface area contributed by atoms with Gasteiger partial charge in [0.2, 0.25) is 29.5 Å². The topological polar surface area (TPSA) is 274 Å². The third-order valence-electron chi connectivity index (χ3n) is 5.52. The van der Waals surface area contributed by atoms with Gasteiger partial charge in [-0.25, -0.2) is 4.79 Å². The maximum atomic E-state index is 13.1. The lowest BCUT2D eigenvalue weighted by Gasteiger charge is -2.25. The van der Waals surface area contributed by atoms with Gasteiger partial charge in [-0.15, -0.1) is 0 Å². The van der Waals surface area contributed by atoms with Gasteiger partial charge < -0.3 is 43.4 Å². The number of carbonyl (C=O) groups is 7. The van der Waals surface area contributed by atoms with E-state index in [4.69, 9.17) is 22.3 Å². The summed E-state index contributed by atoms with van der Waals surface area (Å²) in [4.78, 5) is 83.5. The van der Waals surface area contributed by atoms with Gasteiger partial charge in [0.15, 0.2) is 0 Å². The zero-order chi connectivity index (χ0) is 29.5. The van der Waals surface area contributed by atoms with Crippen molar-refractivity contribution < 1.29 is 43.8 Å². The highest BCUT2D eigenvalue weighted by atomic mass is 16.4. The van der Waals surface area contributed by atoms with Crippen molar-refractivity contribution in [2.45, 2.75) is 69.1 Å². The van der Waals surface area contributed by atoms with E-state index in [1.807, 2.05) is 0 Å². The van der Waals surface area contributed by atoms with E-state index in [-0.39, 0.29) is 32.1 Å². The monoisotopic (exact) mass is 550 g/mol. The molecular formula is C24H34N6O9. The molecule has 4 atom stereocenters. The SMILES string of the molecule is NC(=O)CCC(NC(=O)C(N)Cc1ccccc1)C(=O)NC(CCC(N)=O)C(=O)NC(CCC(=O)O)C(=O)O. The van der Waals surface area contributed by atoms with E-state index < -0.39 is 78.5 Å². The minimum Gasteiger partial charge on any atom is -0.481 e. The lowest BCUT2D eigenvalue weighted by atomic mass is 10.0. The number of carbonyl (C=O) groups excluding carboxylic acids is 5. The number of rotatable bonds is 18. The van der Waals surface area contributed by atoms with E-state index in [1.165, 1.54) is 0 Å². The molecule has 0 aliphatic heterocycles. The molecule has 1 rings (SSSR count). The largest absolute Gasteiger partial charge is 0.481 e. The number of carboxylic acids is 2. The average Bonchev–Trinajstić information content (AvgIpc) is 2.86. The quantitative estimate of drug-likeness (QED) is 0.0950. The van der Waals surface area contributed by atoms with Gasteiger partial charge in [0, 0.05) is 19.3 Å². The first-order valence-electron chi connectivity index (χ1n) is 12.0.